The minimum Gasteiger partial charge on any atom is -0.279 e. The molecule has 4 aromatic rings. The number of fused-ring (bicyclic) bond motifs is 1. The molecule has 0 unspecified atom stereocenters. The molecule has 7 nitrogen and oxygen atoms in total. The number of anilines is 1. The molecule has 4 rings (SSSR count). The van der Waals surface area contributed by atoms with Gasteiger partial charge in [0, 0.05) is 36.1 Å². The van der Waals surface area contributed by atoms with Crippen molar-refractivity contribution in [3.8, 4) is 0 Å². The first-order valence-electron chi connectivity index (χ1n) is 13.1. The maximum absolute atomic E-state index is 13.8. The third kappa shape index (κ3) is 6.84. The molecule has 0 radical (unpaired) electrons. The molecule has 0 spiro atoms. The van der Waals surface area contributed by atoms with E-state index in [4.69, 9.17) is 16.6 Å². The summed E-state index contributed by atoms with van der Waals surface area (Å²) < 4.78 is 29.2. The number of pyridine rings is 1. The van der Waals surface area contributed by atoms with E-state index in [1.165, 1.54) is 23.5 Å². The average molecular weight is 585 g/mol. The third-order valence-corrected chi connectivity index (χ3v) is 9.60. The zero-order valence-electron chi connectivity index (χ0n) is 22.4. The van der Waals surface area contributed by atoms with Crippen LogP contribution in [0.5, 0.6) is 0 Å². The topological polar surface area (TPSA) is 83.5 Å². The molecule has 1 amide bonds. The van der Waals surface area contributed by atoms with Gasteiger partial charge < -0.3 is 0 Å². The number of carbonyl (C=O) groups excluding carboxylic acids is 1. The minimum atomic E-state index is -3.66. The summed E-state index contributed by atoms with van der Waals surface area (Å²) in [6.07, 6.45) is 6.83. The minimum absolute atomic E-state index is 0.190. The van der Waals surface area contributed by atoms with Gasteiger partial charge in [-0.25, -0.2) is 13.4 Å². The van der Waals surface area contributed by atoms with Gasteiger partial charge in [-0.1, -0.05) is 55.7 Å². The Hall–Kier alpha value is -2.85. The molecule has 2 aromatic carbocycles. The van der Waals surface area contributed by atoms with E-state index >= 15 is 0 Å². The zero-order valence-corrected chi connectivity index (χ0v) is 24.8. The SMILES string of the molecule is CCCCN(CCCC)S(=O)(=O)c1ccc(C(=O)N(Cc2cccnc2)c2nc3c(C)cc(Cl)cc3s2)cc1. The van der Waals surface area contributed by atoms with Crippen molar-refractivity contribution in [3.05, 3.63) is 82.6 Å². The summed E-state index contributed by atoms with van der Waals surface area (Å²) in [5.41, 5.74) is 2.95. The second-order valence-electron chi connectivity index (χ2n) is 9.45. The number of halogens is 1. The van der Waals surface area contributed by atoms with Crippen LogP contribution in [0.3, 0.4) is 0 Å². The lowest BCUT2D eigenvalue weighted by molar-refractivity contribution is 0.0985. The Kier molecular flexibility index (Phi) is 9.71. The Bertz CT molecular complexity index is 1520. The Morgan fingerprint density at radius 2 is 1.72 bits per heavy atom. The molecule has 0 N–H and O–H groups in total. The Morgan fingerprint density at radius 1 is 1.03 bits per heavy atom. The van der Waals surface area contributed by atoms with E-state index in [1.807, 2.05) is 45.0 Å². The number of amides is 1. The zero-order chi connectivity index (χ0) is 28.0. The summed E-state index contributed by atoms with van der Waals surface area (Å²) in [4.78, 5) is 24.6. The standard InChI is InChI=1S/C29H33ClN4O3S2/c1-4-6-15-33(16-7-5-2)39(36,37)25-12-10-23(11-13-25)28(35)34(20-22-9-8-14-31-19-22)29-32-27-21(3)17-24(30)18-26(27)38-29/h8-14,17-19H,4-7,15-16,20H2,1-3H3. The fourth-order valence-corrected chi connectivity index (χ4v) is 7.19. The quantitative estimate of drug-likeness (QED) is 0.177. The molecule has 0 aliphatic rings. The fraction of sp³-hybridized carbons (Fsp3) is 0.345. The van der Waals surface area contributed by atoms with Crippen LogP contribution >= 0.6 is 22.9 Å². The molecule has 0 saturated heterocycles. The number of sulfonamides is 1. The van der Waals surface area contributed by atoms with Crippen LogP contribution in [-0.2, 0) is 16.6 Å². The number of nitrogens with zero attached hydrogens (tertiary/aromatic N) is 4. The molecule has 0 fully saturated rings. The van der Waals surface area contributed by atoms with Crippen molar-refractivity contribution in [2.24, 2.45) is 0 Å². The first-order valence-corrected chi connectivity index (χ1v) is 15.8. The number of aromatic nitrogens is 2. The van der Waals surface area contributed by atoms with Crippen molar-refractivity contribution >= 4 is 54.2 Å². The molecular weight excluding hydrogens is 552 g/mol. The second-order valence-corrected chi connectivity index (χ2v) is 12.8. The van der Waals surface area contributed by atoms with Crippen LogP contribution in [0.2, 0.25) is 5.02 Å². The number of rotatable bonds is 12. The van der Waals surface area contributed by atoms with Gasteiger partial charge in [-0.2, -0.15) is 4.31 Å². The lowest BCUT2D eigenvalue weighted by Crippen LogP contribution is -2.33. The summed E-state index contributed by atoms with van der Waals surface area (Å²) in [5.74, 6) is -0.278. The van der Waals surface area contributed by atoms with Gasteiger partial charge in [-0.05, 0) is 73.4 Å². The first-order chi connectivity index (χ1) is 18.7. The van der Waals surface area contributed by atoms with Crippen LogP contribution < -0.4 is 4.90 Å². The first kappa shape index (κ1) is 29.1. The van der Waals surface area contributed by atoms with Crippen molar-refractivity contribution in [1.29, 1.82) is 0 Å². The second kappa shape index (κ2) is 13.0. The number of aryl methyl sites for hydroxylation is 1. The molecule has 0 saturated carbocycles. The van der Waals surface area contributed by atoms with E-state index in [9.17, 15) is 13.2 Å². The van der Waals surface area contributed by atoms with E-state index in [-0.39, 0.29) is 17.3 Å². The van der Waals surface area contributed by atoms with Gasteiger partial charge in [0.15, 0.2) is 5.13 Å². The van der Waals surface area contributed by atoms with Crippen molar-refractivity contribution in [2.45, 2.75) is 57.9 Å². The number of hydrogen-bond donors (Lipinski definition) is 0. The van der Waals surface area contributed by atoms with Gasteiger partial charge in [0.2, 0.25) is 10.0 Å². The normalized spacial score (nSPS) is 11.8. The van der Waals surface area contributed by atoms with Crippen molar-refractivity contribution in [3.63, 3.8) is 0 Å². The van der Waals surface area contributed by atoms with Gasteiger partial charge in [-0.15, -0.1) is 0 Å². The molecule has 0 bridgehead atoms. The number of unbranched alkanes of at least 4 members (excludes halogenated alkanes) is 2. The Morgan fingerprint density at radius 3 is 2.33 bits per heavy atom. The van der Waals surface area contributed by atoms with Crippen molar-refractivity contribution in [1.82, 2.24) is 14.3 Å². The van der Waals surface area contributed by atoms with Crippen LogP contribution in [0.25, 0.3) is 10.2 Å². The third-order valence-electron chi connectivity index (χ3n) is 6.44. The molecule has 10 heteroatoms. The summed E-state index contributed by atoms with van der Waals surface area (Å²) in [5, 5.41) is 1.15. The van der Waals surface area contributed by atoms with E-state index in [1.54, 1.807) is 33.7 Å². The number of carbonyl (C=O) groups is 1. The van der Waals surface area contributed by atoms with Crippen LogP contribution in [0, 0.1) is 6.92 Å². The van der Waals surface area contributed by atoms with E-state index in [0.29, 0.717) is 28.8 Å². The molecule has 2 aromatic heterocycles. The highest BCUT2D eigenvalue weighted by molar-refractivity contribution is 7.89. The number of thiazole rings is 1. The van der Waals surface area contributed by atoms with Gasteiger partial charge in [0.05, 0.1) is 21.7 Å². The summed E-state index contributed by atoms with van der Waals surface area (Å²) in [6, 6.07) is 13.6. The van der Waals surface area contributed by atoms with Crippen molar-refractivity contribution < 1.29 is 13.2 Å². The number of benzene rings is 2. The highest BCUT2D eigenvalue weighted by Gasteiger charge is 2.26. The molecule has 0 atom stereocenters. The molecule has 206 valence electrons. The van der Waals surface area contributed by atoms with Gasteiger partial charge in [-0.3, -0.25) is 14.7 Å². The van der Waals surface area contributed by atoms with Crippen LogP contribution in [0.1, 0.15) is 61.0 Å². The lowest BCUT2D eigenvalue weighted by atomic mass is 10.2. The largest absolute Gasteiger partial charge is 0.279 e. The predicted molar refractivity (Wildman–Crippen MR) is 159 cm³/mol. The maximum atomic E-state index is 13.8. The smallest absolute Gasteiger partial charge is 0.260 e. The van der Waals surface area contributed by atoms with E-state index in [0.717, 1.165) is 47.0 Å². The molecule has 0 aliphatic carbocycles. The summed E-state index contributed by atoms with van der Waals surface area (Å²) in [6.45, 7) is 7.27. The monoisotopic (exact) mass is 584 g/mol. The Labute approximate surface area is 239 Å². The van der Waals surface area contributed by atoms with Crippen molar-refractivity contribution in [2.75, 3.05) is 18.0 Å². The maximum Gasteiger partial charge on any atom is 0.260 e. The van der Waals surface area contributed by atoms with Crippen LogP contribution in [0.4, 0.5) is 5.13 Å². The van der Waals surface area contributed by atoms with Crippen LogP contribution in [0.15, 0.2) is 65.8 Å². The predicted octanol–water partition coefficient (Wildman–Crippen LogP) is 7.09. The van der Waals surface area contributed by atoms with Crippen LogP contribution in [-0.4, -0.2) is 41.7 Å². The van der Waals surface area contributed by atoms with Gasteiger partial charge >= 0.3 is 0 Å². The lowest BCUT2D eigenvalue weighted by Gasteiger charge is -2.22. The highest BCUT2D eigenvalue weighted by Crippen LogP contribution is 2.34. The molecule has 2 heterocycles. The fourth-order valence-electron chi connectivity index (χ4n) is 4.25. The van der Waals surface area contributed by atoms with Gasteiger partial charge in [0.1, 0.15) is 0 Å². The summed E-state index contributed by atoms with van der Waals surface area (Å²) in [7, 11) is -3.66. The molecule has 0 aliphatic heterocycles. The molecular formula is C29H33ClN4O3S2. The van der Waals surface area contributed by atoms with E-state index in [2.05, 4.69) is 4.98 Å². The molecule has 39 heavy (non-hydrogen) atoms. The van der Waals surface area contributed by atoms with E-state index < -0.39 is 10.0 Å². The number of hydrogen-bond acceptors (Lipinski definition) is 6. The average Bonchev–Trinajstić information content (AvgIpc) is 3.36. The van der Waals surface area contributed by atoms with Gasteiger partial charge in [0.25, 0.3) is 5.91 Å². The Balaban J connectivity index is 1.67. The summed E-state index contributed by atoms with van der Waals surface area (Å²) >= 11 is 7.66. The highest BCUT2D eigenvalue weighted by atomic mass is 35.5.